The van der Waals surface area contributed by atoms with Gasteiger partial charge in [-0.3, -0.25) is 19.3 Å². The molecule has 5 rings (SSSR count). The minimum Gasteiger partial charge on any atom is -0.502 e. The lowest BCUT2D eigenvalue weighted by Crippen LogP contribution is -2.62. The van der Waals surface area contributed by atoms with E-state index in [4.69, 9.17) is 4.74 Å². The standard InChI is InChI=1S/C24H22FN3O4/c1-14-17(25)9-8-16-20(15-6-4-3-5-7-15)28-19(11-13-32-23(14)16)26(2)24(31)21-22(30)18(29)10-12-27(21)28/h3-10,12,19-20,30H,11,13H2,1-2H3/t19?,20-/m0/s1. The first kappa shape index (κ1) is 20.1. The van der Waals surface area contributed by atoms with Gasteiger partial charge in [0.2, 0.25) is 5.43 Å². The number of nitrogens with zero attached hydrogens (tertiary/aromatic N) is 3. The number of amides is 1. The molecule has 1 unspecified atom stereocenters. The van der Waals surface area contributed by atoms with Crippen LogP contribution in [0.15, 0.2) is 59.5 Å². The highest BCUT2D eigenvalue weighted by Gasteiger charge is 2.43. The molecule has 1 amide bonds. The molecule has 0 fully saturated rings. The number of aromatic nitrogens is 1. The third-order valence-corrected chi connectivity index (χ3v) is 6.25. The lowest BCUT2D eigenvalue weighted by atomic mass is 9.93. The van der Waals surface area contributed by atoms with Crippen LogP contribution >= 0.6 is 0 Å². The summed E-state index contributed by atoms with van der Waals surface area (Å²) in [4.78, 5) is 26.8. The van der Waals surface area contributed by atoms with E-state index < -0.39 is 29.3 Å². The van der Waals surface area contributed by atoms with E-state index in [1.165, 1.54) is 23.2 Å². The maximum Gasteiger partial charge on any atom is 0.277 e. The molecular weight excluding hydrogens is 413 g/mol. The van der Waals surface area contributed by atoms with E-state index in [9.17, 15) is 19.1 Å². The van der Waals surface area contributed by atoms with Gasteiger partial charge in [0.05, 0.1) is 6.61 Å². The van der Waals surface area contributed by atoms with Gasteiger partial charge in [-0.2, -0.15) is 0 Å². The third kappa shape index (κ3) is 2.86. The molecule has 1 N–H and O–H groups in total. The van der Waals surface area contributed by atoms with Gasteiger partial charge in [-0.25, -0.2) is 4.39 Å². The Morgan fingerprint density at radius 2 is 1.84 bits per heavy atom. The smallest absolute Gasteiger partial charge is 0.277 e. The summed E-state index contributed by atoms with van der Waals surface area (Å²) in [7, 11) is 1.64. The molecule has 2 aliphatic heterocycles. The highest BCUT2D eigenvalue weighted by atomic mass is 19.1. The molecule has 0 spiro atoms. The fourth-order valence-corrected chi connectivity index (χ4v) is 4.63. The SMILES string of the molecule is Cc1c(F)ccc2c1OCCC1N(C)C(=O)c3c(O)c(=O)ccn3N1[C@H]2c1ccccc1. The molecule has 3 aromatic rings. The number of carbonyl (C=O) groups is 1. The number of fused-ring (bicyclic) bond motifs is 4. The van der Waals surface area contributed by atoms with Crippen molar-refractivity contribution in [3.05, 3.63) is 93.2 Å². The van der Waals surface area contributed by atoms with Gasteiger partial charge in [0.25, 0.3) is 5.91 Å². The number of carbonyl (C=O) groups excluding carboxylic acids is 1. The molecule has 2 aromatic carbocycles. The molecular formula is C24H22FN3O4. The lowest BCUT2D eigenvalue weighted by molar-refractivity contribution is 0.0573. The van der Waals surface area contributed by atoms with Gasteiger partial charge in [-0.05, 0) is 24.6 Å². The van der Waals surface area contributed by atoms with Crippen molar-refractivity contribution in [1.82, 2.24) is 9.58 Å². The van der Waals surface area contributed by atoms with Crippen LogP contribution < -0.4 is 15.2 Å². The van der Waals surface area contributed by atoms with Crippen molar-refractivity contribution in [2.24, 2.45) is 0 Å². The average Bonchev–Trinajstić information content (AvgIpc) is 2.78. The lowest BCUT2D eigenvalue weighted by Gasteiger charge is -2.50. The maximum absolute atomic E-state index is 14.4. The van der Waals surface area contributed by atoms with Gasteiger partial charge in [0.15, 0.2) is 11.4 Å². The van der Waals surface area contributed by atoms with Crippen LogP contribution in [-0.2, 0) is 0 Å². The predicted molar refractivity (Wildman–Crippen MR) is 116 cm³/mol. The van der Waals surface area contributed by atoms with Crippen molar-refractivity contribution in [2.45, 2.75) is 25.6 Å². The molecule has 0 saturated heterocycles. The van der Waals surface area contributed by atoms with Gasteiger partial charge < -0.3 is 14.7 Å². The second kappa shape index (κ2) is 7.40. The van der Waals surface area contributed by atoms with E-state index in [1.807, 2.05) is 35.3 Å². The van der Waals surface area contributed by atoms with Crippen molar-refractivity contribution in [3.63, 3.8) is 0 Å². The van der Waals surface area contributed by atoms with Crippen molar-refractivity contribution in [2.75, 3.05) is 18.7 Å². The van der Waals surface area contributed by atoms with E-state index >= 15 is 0 Å². The first-order valence-corrected chi connectivity index (χ1v) is 10.4. The number of rotatable bonds is 1. The van der Waals surface area contributed by atoms with E-state index in [0.29, 0.717) is 17.7 Å². The second-order valence-corrected chi connectivity index (χ2v) is 8.04. The monoisotopic (exact) mass is 435 g/mol. The van der Waals surface area contributed by atoms with Crippen molar-refractivity contribution < 1.29 is 19.0 Å². The quantitative estimate of drug-likeness (QED) is 0.636. The molecule has 0 radical (unpaired) electrons. The summed E-state index contributed by atoms with van der Waals surface area (Å²) in [6.45, 7) is 1.94. The van der Waals surface area contributed by atoms with Gasteiger partial charge in [-0.15, -0.1) is 0 Å². The molecule has 32 heavy (non-hydrogen) atoms. The summed E-state index contributed by atoms with van der Waals surface area (Å²) in [5, 5.41) is 12.4. The minimum atomic E-state index is -0.624. The zero-order valence-electron chi connectivity index (χ0n) is 17.7. The first-order valence-electron chi connectivity index (χ1n) is 10.4. The molecule has 1 aromatic heterocycles. The summed E-state index contributed by atoms with van der Waals surface area (Å²) in [5.74, 6) is -0.947. The van der Waals surface area contributed by atoms with Crippen molar-refractivity contribution in [3.8, 4) is 11.5 Å². The summed E-state index contributed by atoms with van der Waals surface area (Å²) < 4.78 is 22.0. The highest BCUT2D eigenvalue weighted by molar-refractivity contribution is 5.96. The Balaban J connectivity index is 1.85. The normalized spacial score (nSPS) is 19.9. The summed E-state index contributed by atoms with van der Waals surface area (Å²) in [6, 6.07) is 13.5. The second-order valence-electron chi connectivity index (χ2n) is 8.04. The molecule has 7 nitrogen and oxygen atoms in total. The van der Waals surface area contributed by atoms with E-state index in [2.05, 4.69) is 0 Å². The van der Waals surface area contributed by atoms with Crippen LogP contribution in [0.4, 0.5) is 4.39 Å². The molecule has 0 saturated carbocycles. The number of halogens is 1. The predicted octanol–water partition coefficient (Wildman–Crippen LogP) is 2.92. The average molecular weight is 435 g/mol. The largest absolute Gasteiger partial charge is 0.502 e. The highest BCUT2D eigenvalue weighted by Crippen LogP contribution is 2.42. The first-order chi connectivity index (χ1) is 15.4. The summed E-state index contributed by atoms with van der Waals surface area (Å²) in [6.07, 6.45) is 1.51. The van der Waals surface area contributed by atoms with Crippen molar-refractivity contribution >= 4 is 5.91 Å². The number of hydrogen-bond acceptors (Lipinski definition) is 5. The van der Waals surface area contributed by atoms with Gasteiger partial charge in [0, 0.05) is 36.9 Å². The Kier molecular flexibility index (Phi) is 4.65. The number of pyridine rings is 1. The van der Waals surface area contributed by atoms with Crippen LogP contribution in [0, 0.1) is 12.7 Å². The Morgan fingerprint density at radius 1 is 1.09 bits per heavy atom. The molecule has 0 bridgehead atoms. The van der Waals surface area contributed by atoms with E-state index in [1.54, 1.807) is 24.7 Å². The Labute approximate surface area is 183 Å². The molecule has 164 valence electrons. The molecule has 8 heteroatoms. The fourth-order valence-electron chi connectivity index (χ4n) is 4.63. The van der Waals surface area contributed by atoms with E-state index in [-0.39, 0.29) is 18.1 Å². The molecule has 0 aliphatic carbocycles. The van der Waals surface area contributed by atoms with Gasteiger partial charge in [-0.1, -0.05) is 30.3 Å². The number of aromatic hydroxyl groups is 1. The number of ether oxygens (including phenoxy) is 1. The van der Waals surface area contributed by atoms with Crippen LogP contribution in [0.2, 0.25) is 0 Å². The Bertz CT molecular complexity index is 1270. The summed E-state index contributed by atoms with van der Waals surface area (Å²) >= 11 is 0. The third-order valence-electron chi connectivity index (χ3n) is 6.25. The zero-order chi connectivity index (χ0) is 22.6. The maximum atomic E-state index is 14.4. The Morgan fingerprint density at radius 3 is 2.59 bits per heavy atom. The number of hydrogen-bond donors (Lipinski definition) is 1. The minimum absolute atomic E-state index is 0.0981. The molecule has 3 heterocycles. The van der Waals surface area contributed by atoms with Crippen LogP contribution in [0.25, 0.3) is 0 Å². The van der Waals surface area contributed by atoms with Crippen LogP contribution in [-0.4, -0.2) is 40.4 Å². The zero-order valence-corrected chi connectivity index (χ0v) is 17.7. The van der Waals surface area contributed by atoms with Crippen LogP contribution in [0.1, 0.15) is 39.6 Å². The van der Waals surface area contributed by atoms with Gasteiger partial charge >= 0.3 is 0 Å². The molecule has 2 aliphatic rings. The Hall–Kier alpha value is -3.81. The van der Waals surface area contributed by atoms with Crippen molar-refractivity contribution in [1.29, 1.82) is 0 Å². The van der Waals surface area contributed by atoms with Crippen LogP contribution in [0.3, 0.4) is 0 Å². The summed E-state index contributed by atoms with van der Waals surface area (Å²) in [5.41, 5.74) is 1.31. The van der Waals surface area contributed by atoms with Crippen LogP contribution in [0.5, 0.6) is 11.5 Å². The van der Waals surface area contributed by atoms with E-state index in [0.717, 1.165) is 11.1 Å². The topological polar surface area (TPSA) is 75.0 Å². The number of benzene rings is 2. The van der Waals surface area contributed by atoms with Gasteiger partial charge in [0.1, 0.15) is 23.8 Å². The molecule has 2 atom stereocenters. The fraction of sp³-hybridized carbons (Fsp3) is 0.250.